The van der Waals surface area contributed by atoms with Crippen LogP contribution in [-0.2, 0) is 19.1 Å². The van der Waals surface area contributed by atoms with Crippen LogP contribution in [0.4, 0.5) is 5.69 Å². The third-order valence-electron chi connectivity index (χ3n) is 7.28. The van der Waals surface area contributed by atoms with Crippen molar-refractivity contribution in [3.05, 3.63) is 84.5 Å². The molecule has 0 radical (unpaired) electrons. The van der Waals surface area contributed by atoms with Crippen LogP contribution in [0.3, 0.4) is 0 Å². The van der Waals surface area contributed by atoms with Gasteiger partial charge in [-0.2, -0.15) is 0 Å². The first kappa shape index (κ1) is 30.8. The van der Waals surface area contributed by atoms with Gasteiger partial charge in [0.2, 0.25) is 11.8 Å². The van der Waals surface area contributed by atoms with Crippen molar-refractivity contribution < 1.29 is 28.6 Å². The number of nitrogens with one attached hydrogen (secondary N) is 1. The molecule has 13 heteroatoms. The van der Waals surface area contributed by atoms with Crippen LogP contribution in [0.25, 0.3) is 6.08 Å². The summed E-state index contributed by atoms with van der Waals surface area (Å²) < 4.78 is 17.9. The highest BCUT2D eigenvalue weighted by atomic mass is 32.1. The average Bonchev–Trinajstić information content (AvgIpc) is 3.32. The minimum Gasteiger partial charge on any atom is -0.490 e. The molecule has 0 bridgehead atoms. The van der Waals surface area contributed by atoms with E-state index in [1.807, 2.05) is 39.8 Å². The molecular weight excluding hydrogens is 604 g/mol. The van der Waals surface area contributed by atoms with E-state index in [4.69, 9.17) is 26.4 Å². The smallest absolute Gasteiger partial charge is 0.337 e. The maximum absolute atomic E-state index is 14.0. The quantitative estimate of drug-likeness (QED) is 0.228. The Bertz CT molecular complexity index is 1910. The molecule has 3 heterocycles. The second kappa shape index (κ2) is 12.5. The summed E-state index contributed by atoms with van der Waals surface area (Å²) >= 11 is 6.34. The van der Waals surface area contributed by atoms with Gasteiger partial charge >= 0.3 is 5.97 Å². The van der Waals surface area contributed by atoms with E-state index in [0.717, 1.165) is 22.5 Å². The number of hydrogen-bond acceptors (Lipinski definition) is 10. The summed E-state index contributed by atoms with van der Waals surface area (Å²) in [7, 11) is 1.24. The molecular formula is C31H30N4O7S2. The minimum atomic E-state index is -1.33. The fraction of sp³-hybridized carbons (Fsp3) is 0.290. The van der Waals surface area contributed by atoms with Gasteiger partial charge in [0.25, 0.3) is 5.56 Å². The number of aromatic nitrogens is 1. The summed E-state index contributed by atoms with van der Waals surface area (Å²) in [5, 5.41) is 2.54. The van der Waals surface area contributed by atoms with Crippen LogP contribution >= 0.6 is 23.6 Å². The van der Waals surface area contributed by atoms with Crippen LogP contribution in [0.1, 0.15) is 36.6 Å². The van der Waals surface area contributed by atoms with Gasteiger partial charge in [-0.25, -0.2) is 9.79 Å². The molecule has 1 aromatic heterocycles. The molecule has 2 amide bonds. The molecule has 2 aliphatic heterocycles. The predicted molar refractivity (Wildman–Crippen MR) is 168 cm³/mol. The molecule has 0 spiro atoms. The van der Waals surface area contributed by atoms with Crippen molar-refractivity contribution in [2.45, 2.75) is 33.7 Å². The van der Waals surface area contributed by atoms with E-state index in [2.05, 4.69) is 10.3 Å². The van der Waals surface area contributed by atoms with Gasteiger partial charge in [0.05, 0.1) is 42.2 Å². The van der Waals surface area contributed by atoms with Gasteiger partial charge < -0.3 is 19.5 Å². The zero-order chi connectivity index (χ0) is 31.7. The van der Waals surface area contributed by atoms with Crippen molar-refractivity contribution in [3.8, 4) is 11.5 Å². The molecule has 3 aromatic rings. The first-order chi connectivity index (χ1) is 21.1. The highest BCUT2D eigenvalue weighted by Gasteiger charge is 2.39. The van der Waals surface area contributed by atoms with Crippen LogP contribution in [0, 0.1) is 19.8 Å². The zero-order valence-corrected chi connectivity index (χ0v) is 26.3. The highest BCUT2D eigenvalue weighted by Crippen LogP contribution is 2.35. The number of carbonyl (C=O) groups is 3. The normalized spacial score (nSPS) is 18.3. The van der Waals surface area contributed by atoms with Crippen molar-refractivity contribution in [1.29, 1.82) is 0 Å². The molecule has 0 aliphatic carbocycles. The third-order valence-corrected chi connectivity index (χ3v) is 8.58. The Hall–Kier alpha value is -4.62. The molecule has 0 saturated carbocycles. The fourth-order valence-corrected chi connectivity index (χ4v) is 6.27. The third kappa shape index (κ3) is 5.55. The first-order valence-corrected chi connectivity index (χ1v) is 15.1. The molecule has 2 aromatic carbocycles. The van der Waals surface area contributed by atoms with E-state index in [0.29, 0.717) is 36.0 Å². The Morgan fingerprint density at radius 1 is 1.05 bits per heavy atom. The number of thiazole rings is 1. The van der Waals surface area contributed by atoms with Crippen LogP contribution in [-0.4, -0.2) is 47.8 Å². The zero-order valence-electron chi connectivity index (χ0n) is 24.7. The maximum atomic E-state index is 14.0. The number of rotatable bonds is 8. The second-order valence-electron chi connectivity index (χ2n) is 9.98. The number of amides is 2. The van der Waals surface area contributed by atoms with Gasteiger partial charge in [0.1, 0.15) is 5.92 Å². The van der Waals surface area contributed by atoms with E-state index in [-0.39, 0.29) is 20.0 Å². The molecule has 5 rings (SSSR count). The molecule has 1 saturated heterocycles. The topological polar surface area (TPSA) is 129 Å². The van der Waals surface area contributed by atoms with E-state index in [1.165, 1.54) is 28.9 Å². The van der Waals surface area contributed by atoms with Crippen LogP contribution in [0.5, 0.6) is 11.5 Å². The van der Waals surface area contributed by atoms with Gasteiger partial charge in [-0.1, -0.05) is 23.5 Å². The number of ether oxygens (including phenoxy) is 3. The second-order valence-corrected chi connectivity index (χ2v) is 11.4. The number of hydrogen-bond donors (Lipinski definition) is 1. The number of methoxy groups -OCH3 is 1. The van der Waals surface area contributed by atoms with Crippen molar-refractivity contribution in [3.63, 3.8) is 0 Å². The lowest BCUT2D eigenvalue weighted by atomic mass is 9.97. The molecule has 11 nitrogen and oxygen atoms in total. The van der Waals surface area contributed by atoms with Crippen molar-refractivity contribution in [2.24, 2.45) is 10.9 Å². The van der Waals surface area contributed by atoms with E-state index < -0.39 is 35.3 Å². The molecule has 0 unspecified atom stereocenters. The molecule has 1 fully saturated rings. The summed E-state index contributed by atoms with van der Waals surface area (Å²) in [5.74, 6) is -2.28. The van der Waals surface area contributed by atoms with Gasteiger partial charge in [-0.05, 0) is 86.9 Å². The first-order valence-electron chi connectivity index (χ1n) is 13.8. The van der Waals surface area contributed by atoms with Gasteiger partial charge in [-0.15, -0.1) is 0 Å². The summed E-state index contributed by atoms with van der Waals surface area (Å²) in [6, 6.07) is 9.65. The van der Waals surface area contributed by atoms with Crippen molar-refractivity contribution in [1.82, 2.24) is 9.88 Å². The maximum Gasteiger partial charge on any atom is 0.337 e. The largest absolute Gasteiger partial charge is 0.490 e. The van der Waals surface area contributed by atoms with E-state index in [9.17, 15) is 19.2 Å². The molecule has 1 N–H and O–H groups in total. The van der Waals surface area contributed by atoms with E-state index >= 15 is 0 Å². The SMILES string of the molecule is CCOc1ccc([C@H]2C(C(=O)OC)=CN=c3s/c(=C/[C@@H]4C(=O)NC(=S)N(c5ccc(C)c(C)c5)C4=O)c(=O)n32)cc1OCC. The van der Waals surface area contributed by atoms with E-state index in [1.54, 1.807) is 24.3 Å². The lowest BCUT2D eigenvalue weighted by Gasteiger charge is -2.31. The number of nitrogens with zero attached hydrogens (tertiary/aromatic N) is 3. The summed E-state index contributed by atoms with van der Waals surface area (Å²) in [6.45, 7) is 8.33. The molecule has 228 valence electrons. The standard InChI is InChI=1S/C31H30N4O7S2/c1-6-41-22-11-9-18(13-23(22)42-7-2)25-21(29(39)40-5)15-32-31-35(25)28(38)24(44-31)14-20-26(36)33-30(43)34(27(20)37)19-10-8-16(3)17(4)12-19/h8-15,20,25H,6-7H2,1-5H3,(H,33,36,43)/b24-14+/t20-,25+/m1/s1. The summed E-state index contributed by atoms with van der Waals surface area (Å²) in [5.41, 5.74) is 2.62. The molecule has 44 heavy (non-hydrogen) atoms. The summed E-state index contributed by atoms with van der Waals surface area (Å²) in [4.78, 5) is 59.4. The van der Waals surface area contributed by atoms with Gasteiger partial charge in [0.15, 0.2) is 21.4 Å². The summed E-state index contributed by atoms with van der Waals surface area (Å²) in [6.07, 6.45) is 2.68. The molecule has 2 aliphatic rings. The average molecular weight is 635 g/mol. The van der Waals surface area contributed by atoms with Crippen molar-refractivity contribution >= 4 is 58.2 Å². The number of benzene rings is 2. The van der Waals surface area contributed by atoms with Crippen LogP contribution in [0.2, 0.25) is 0 Å². The number of esters is 1. The highest BCUT2D eigenvalue weighted by molar-refractivity contribution is 7.80. The number of aryl methyl sites for hydroxylation is 2. The lowest BCUT2D eigenvalue weighted by Crippen LogP contribution is -2.58. The molecule has 2 atom stereocenters. The number of carbonyl (C=O) groups excluding carboxylic acids is 3. The van der Waals surface area contributed by atoms with Crippen LogP contribution < -0.4 is 34.6 Å². The predicted octanol–water partition coefficient (Wildman–Crippen LogP) is 2.45. The van der Waals surface area contributed by atoms with Crippen LogP contribution in [0.15, 0.2) is 58.0 Å². The van der Waals surface area contributed by atoms with Crippen molar-refractivity contribution in [2.75, 3.05) is 25.2 Å². The number of thiocarbonyl (C=S) groups is 1. The Kier molecular flexibility index (Phi) is 8.79. The van der Waals surface area contributed by atoms with Gasteiger partial charge in [0, 0.05) is 6.20 Å². The Morgan fingerprint density at radius 3 is 2.45 bits per heavy atom. The lowest BCUT2D eigenvalue weighted by molar-refractivity contribution is -0.136. The fourth-order valence-electron chi connectivity index (χ4n) is 5.00. The Morgan fingerprint density at radius 2 is 1.77 bits per heavy atom. The Labute approximate surface area is 262 Å². The minimum absolute atomic E-state index is 0.0438. The Balaban J connectivity index is 1.62. The number of anilines is 1. The van der Waals surface area contributed by atoms with Gasteiger partial charge in [-0.3, -0.25) is 23.9 Å². The monoisotopic (exact) mass is 634 g/mol. The number of fused-ring (bicyclic) bond motifs is 1.